The van der Waals surface area contributed by atoms with Crippen molar-refractivity contribution in [3.63, 3.8) is 0 Å². The predicted molar refractivity (Wildman–Crippen MR) is 76.4 cm³/mol. The van der Waals surface area contributed by atoms with E-state index in [1.807, 2.05) is 12.1 Å². The summed E-state index contributed by atoms with van der Waals surface area (Å²) in [4.78, 5) is 12.6. The molecule has 0 radical (unpaired) electrons. The van der Waals surface area contributed by atoms with Crippen molar-refractivity contribution in [3.05, 3.63) is 26.9 Å². The van der Waals surface area contributed by atoms with Crippen molar-refractivity contribution in [2.24, 2.45) is 0 Å². The number of carbonyl (C=O) groups excluding carboxylic acids is 1. The Bertz CT molecular complexity index is 418. The highest BCUT2D eigenvalue weighted by Crippen LogP contribution is 2.22. The maximum Gasteiger partial charge on any atom is 0.244 e. The average Bonchev–Trinajstić information content (AvgIpc) is 2.80. The van der Waals surface area contributed by atoms with E-state index in [-0.39, 0.29) is 19.1 Å². The summed E-state index contributed by atoms with van der Waals surface area (Å²) < 4.78 is 0.996. The Hall–Kier alpha value is -0.690. The molecule has 0 atom stereocenters. The van der Waals surface area contributed by atoms with Gasteiger partial charge in [0.2, 0.25) is 5.91 Å². The highest BCUT2D eigenvalue weighted by Gasteiger charge is 2.27. The monoisotopic (exact) mass is 333 g/mol. The summed E-state index contributed by atoms with van der Waals surface area (Å²) in [5, 5.41) is 21.0. The minimum Gasteiger partial charge on any atom is -0.394 e. The molecule has 1 rings (SSSR count). The van der Waals surface area contributed by atoms with E-state index in [9.17, 15) is 15.0 Å². The number of aliphatic hydroxyl groups is 2. The minimum atomic E-state index is -0.947. The van der Waals surface area contributed by atoms with Gasteiger partial charge < -0.3 is 15.5 Å². The Morgan fingerprint density at radius 2 is 2.17 bits per heavy atom. The van der Waals surface area contributed by atoms with Crippen LogP contribution in [0.25, 0.3) is 6.08 Å². The number of amides is 1. The van der Waals surface area contributed by atoms with Crippen LogP contribution in [-0.4, -0.2) is 34.9 Å². The van der Waals surface area contributed by atoms with Gasteiger partial charge in [0.15, 0.2) is 0 Å². The number of rotatable bonds is 6. The van der Waals surface area contributed by atoms with Crippen LogP contribution < -0.4 is 5.32 Å². The second-order valence-electron chi connectivity index (χ2n) is 3.91. The molecule has 4 nitrogen and oxygen atoms in total. The van der Waals surface area contributed by atoms with Gasteiger partial charge in [0.1, 0.15) is 0 Å². The van der Waals surface area contributed by atoms with Crippen LogP contribution in [-0.2, 0) is 4.79 Å². The smallest absolute Gasteiger partial charge is 0.244 e. The normalized spacial score (nSPS) is 12.0. The first kappa shape index (κ1) is 15.4. The summed E-state index contributed by atoms with van der Waals surface area (Å²) >= 11 is 4.86. The predicted octanol–water partition coefficient (Wildman–Crippen LogP) is 1.77. The van der Waals surface area contributed by atoms with E-state index in [4.69, 9.17) is 0 Å². The Morgan fingerprint density at radius 3 is 2.61 bits per heavy atom. The molecule has 18 heavy (non-hydrogen) atoms. The van der Waals surface area contributed by atoms with Gasteiger partial charge in [-0.1, -0.05) is 6.92 Å². The maximum absolute atomic E-state index is 11.7. The first-order chi connectivity index (χ1) is 8.55. The van der Waals surface area contributed by atoms with Crippen LogP contribution in [0.2, 0.25) is 0 Å². The van der Waals surface area contributed by atoms with E-state index >= 15 is 0 Å². The van der Waals surface area contributed by atoms with Crippen LogP contribution in [0.4, 0.5) is 0 Å². The van der Waals surface area contributed by atoms with Crippen molar-refractivity contribution < 1.29 is 15.0 Å². The standard InChI is InChI=1S/C12H16BrNO3S/c1-2-12(7-15,8-16)14-11(17)6-4-9-3-5-10(13)18-9/h3-6,15-16H,2,7-8H2,1H3,(H,14,17)/b6-4+. The molecule has 0 aromatic carbocycles. The quantitative estimate of drug-likeness (QED) is 0.695. The van der Waals surface area contributed by atoms with E-state index in [0.29, 0.717) is 6.42 Å². The molecule has 1 aromatic rings. The van der Waals surface area contributed by atoms with Crippen LogP contribution in [0.5, 0.6) is 0 Å². The molecule has 0 unspecified atom stereocenters. The average molecular weight is 334 g/mol. The van der Waals surface area contributed by atoms with Crippen LogP contribution >= 0.6 is 27.3 Å². The van der Waals surface area contributed by atoms with Crippen molar-refractivity contribution in [2.45, 2.75) is 18.9 Å². The van der Waals surface area contributed by atoms with Crippen LogP contribution in [0.3, 0.4) is 0 Å². The molecule has 0 saturated carbocycles. The van der Waals surface area contributed by atoms with Gasteiger partial charge in [-0.25, -0.2) is 0 Å². The molecule has 0 aliphatic rings. The molecule has 0 aliphatic heterocycles. The molecule has 100 valence electrons. The van der Waals surface area contributed by atoms with Crippen molar-refractivity contribution >= 4 is 39.2 Å². The molecule has 6 heteroatoms. The van der Waals surface area contributed by atoms with Gasteiger partial charge in [0.25, 0.3) is 0 Å². The number of carbonyl (C=O) groups is 1. The Labute approximate surface area is 118 Å². The van der Waals surface area contributed by atoms with Crippen molar-refractivity contribution in [1.29, 1.82) is 0 Å². The number of halogens is 1. The third-order valence-corrected chi connectivity index (χ3v) is 4.25. The highest BCUT2D eigenvalue weighted by molar-refractivity contribution is 9.11. The topological polar surface area (TPSA) is 69.6 Å². The summed E-state index contributed by atoms with van der Waals surface area (Å²) in [6, 6.07) is 3.80. The largest absolute Gasteiger partial charge is 0.394 e. The maximum atomic E-state index is 11.7. The Morgan fingerprint density at radius 1 is 1.50 bits per heavy atom. The lowest BCUT2D eigenvalue weighted by molar-refractivity contribution is -0.119. The van der Waals surface area contributed by atoms with Crippen LogP contribution in [0.15, 0.2) is 22.0 Å². The lowest BCUT2D eigenvalue weighted by atomic mass is 9.98. The third kappa shape index (κ3) is 4.20. The third-order valence-electron chi connectivity index (χ3n) is 2.66. The fourth-order valence-electron chi connectivity index (χ4n) is 1.32. The Kier molecular flexibility index (Phi) is 6.01. The second-order valence-corrected chi connectivity index (χ2v) is 6.41. The van der Waals surface area contributed by atoms with Gasteiger partial charge in [0.05, 0.1) is 22.5 Å². The fraction of sp³-hybridized carbons (Fsp3) is 0.417. The van der Waals surface area contributed by atoms with Gasteiger partial charge >= 0.3 is 0 Å². The number of thiophene rings is 1. The van der Waals surface area contributed by atoms with E-state index < -0.39 is 5.54 Å². The van der Waals surface area contributed by atoms with Gasteiger partial charge in [-0.05, 0) is 40.6 Å². The van der Waals surface area contributed by atoms with Crippen molar-refractivity contribution in [1.82, 2.24) is 5.32 Å². The summed E-state index contributed by atoms with van der Waals surface area (Å²) in [7, 11) is 0. The molecular weight excluding hydrogens is 318 g/mol. The lowest BCUT2D eigenvalue weighted by Crippen LogP contribution is -2.53. The minimum absolute atomic E-state index is 0.288. The SMILES string of the molecule is CCC(CO)(CO)NC(=O)/C=C/c1ccc(Br)s1. The van der Waals surface area contributed by atoms with Crippen molar-refractivity contribution in [2.75, 3.05) is 13.2 Å². The van der Waals surface area contributed by atoms with E-state index in [1.165, 1.54) is 17.4 Å². The summed E-state index contributed by atoms with van der Waals surface area (Å²) in [5.74, 6) is -0.329. The molecule has 1 aromatic heterocycles. The van der Waals surface area contributed by atoms with E-state index in [1.54, 1.807) is 13.0 Å². The van der Waals surface area contributed by atoms with Gasteiger partial charge in [-0.3, -0.25) is 4.79 Å². The van der Waals surface area contributed by atoms with Gasteiger partial charge in [-0.15, -0.1) is 11.3 Å². The molecule has 0 spiro atoms. The number of aliphatic hydroxyl groups excluding tert-OH is 2. The highest BCUT2D eigenvalue weighted by atomic mass is 79.9. The van der Waals surface area contributed by atoms with Crippen LogP contribution in [0, 0.1) is 0 Å². The molecular formula is C12H16BrNO3S. The second kappa shape index (κ2) is 7.04. The molecule has 0 aliphatic carbocycles. The molecule has 1 amide bonds. The zero-order valence-electron chi connectivity index (χ0n) is 10.0. The zero-order chi connectivity index (χ0) is 13.6. The van der Waals surface area contributed by atoms with Gasteiger partial charge in [-0.2, -0.15) is 0 Å². The fourth-order valence-corrected chi connectivity index (χ4v) is 2.65. The summed E-state index contributed by atoms with van der Waals surface area (Å²) in [5.41, 5.74) is -0.947. The molecule has 0 saturated heterocycles. The number of hydrogen-bond donors (Lipinski definition) is 3. The summed E-state index contributed by atoms with van der Waals surface area (Å²) in [6.45, 7) is 1.22. The molecule has 3 N–H and O–H groups in total. The molecule has 0 bridgehead atoms. The lowest BCUT2D eigenvalue weighted by Gasteiger charge is -2.28. The first-order valence-electron chi connectivity index (χ1n) is 5.52. The molecule has 1 heterocycles. The number of hydrogen-bond acceptors (Lipinski definition) is 4. The van der Waals surface area contributed by atoms with Gasteiger partial charge in [0, 0.05) is 11.0 Å². The zero-order valence-corrected chi connectivity index (χ0v) is 12.4. The first-order valence-corrected chi connectivity index (χ1v) is 7.13. The van der Waals surface area contributed by atoms with Crippen molar-refractivity contribution in [3.8, 4) is 0 Å². The Balaban J connectivity index is 2.63. The van der Waals surface area contributed by atoms with Crippen LogP contribution in [0.1, 0.15) is 18.2 Å². The van der Waals surface area contributed by atoms with E-state index in [0.717, 1.165) is 8.66 Å². The number of nitrogens with one attached hydrogen (secondary N) is 1. The summed E-state index contributed by atoms with van der Waals surface area (Å²) in [6.07, 6.45) is 3.55. The molecule has 0 fully saturated rings. The van der Waals surface area contributed by atoms with E-state index in [2.05, 4.69) is 21.2 Å².